The van der Waals surface area contributed by atoms with E-state index in [-0.39, 0.29) is 10.8 Å². The van der Waals surface area contributed by atoms with E-state index in [2.05, 4.69) is 16.2 Å². The van der Waals surface area contributed by atoms with E-state index in [1.165, 1.54) is 0 Å². The number of nitrogens with zero attached hydrogens (tertiary/aromatic N) is 2. The molecule has 3 N–H and O–H groups in total. The molecule has 0 aliphatic heterocycles. The SMILES string of the molecule is O=C(NC(=S)NNc1ccc([N+](=O)[O-])cc1[N+](=O)[O-])c1ccccc1. The molecule has 11 heteroatoms. The number of nitro groups is 2. The summed E-state index contributed by atoms with van der Waals surface area (Å²) >= 11 is 4.92. The highest BCUT2D eigenvalue weighted by Crippen LogP contribution is 2.28. The van der Waals surface area contributed by atoms with E-state index in [0.29, 0.717) is 5.56 Å². The second kappa shape index (κ2) is 7.79. The maximum atomic E-state index is 11.9. The van der Waals surface area contributed by atoms with Crippen molar-refractivity contribution in [3.05, 3.63) is 74.3 Å². The summed E-state index contributed by atoms with van der Waals surface area (Å²) in [5, 5.41) is 24.0. The maximum absolute atomic E-state index is 11.9. The summed E-state index contributed by atoms with van der Waals surface area (Å²) in [6.45, 7) is 0. The Balaban J connectivity index is 2.03. The van der Waals surface area contributed by atoms with Crippen LogP contribution in [-0.2, 0) is 0 Å². The number of rotatable bonds is 5. The first-order valence-electron chi connectivity index (χ1n) is 6.73. The van der Waals surface area contributed by atoms with Crippen molar-refractivity contribution in [2.24, 2.45) is 0 Å². The van der Waals surface area contributed by atoms with E-state index in [4.69, 9.17) is 12.2 Å². The Hall–Kier alpha value is -3.60. The number of non-ortho nitro benzene ring substituents is 1. The molecular formula is C14H11N5O5S. The van der Waals surface area contributed by atoms with Crippen LogP contribution in [0.2, 0.25) is 0 Å². The molecule has 2 rings (SSSR count). The number of nitro benzene ring substituents is 2. The fraction of sp³-hybridized carbons (Fsp3) is 0. The first-order valence-corrected chi connectivity index (χ1v) is 7.14. The number of thiocarbonyl (C=S) groups is 1. The van der Waals surface area contributed by atoms with Crippen LogP contribution in [0.4, 0.5) is 17.1 Å². The molecule has 0 heterocycles. The van der Waals surface area contributed by atoms with Crippen molar-refractivity contribution in [1.29, 1.82) is 0 Å². The second-order valence-electron chi connectivity index (χ2n) is 4.61. The molecule has 0 radical (unpaired) electrons. The number of carbonyl (C=O) groups excluding carboxylic acids is 1. The van der Waals surface area contributed by atoms with E-state index in [1.807, 2.05) is 0 Å². The summed E-state index contributed by atoms with van der Waals surface area (Å²) in [6.07, 6.45) is 0. The lowest BCUT2D eigenvalue weighted by Crippen LogP contribution is -2.42. The second-order valence-corrected chi connectivity index (χ2v) is 5.02. The monoisotopic (exact) mass is 361 g/mol. The Kier molecular flexibility index (Phi) is 5.53. The van der Waals surface area contributed by atoms with Gasteiger partial charge in [-0.2, -0.15) is 0 Å². The lowest BCUT2D eigenvalue weighted by atomic mass is 10.2. The summed E-state index contributed by atoms with van der Waals surface area (Å²) in [4.78, 5) is 32.1. The van der Waals surface area contributed by atoms with Gasteiger partial charge in [0.05, 0.1) is 15.9 Å². The van der Waals surface area contributed by atoms with Crippen LogP contribution in [0, 0.1) is 20.2 Å². The fourth-order valence-electron chi connectivity index (χ4n) is 1.81. The van der Waals surface area contributed by atoms with Crippen molar-refractivity contribution >= 4 is 40.3 Å². The molecule has 0 spiro atoms. The Morgan fingerprint density at radius 3 is 2.28 bits per heavy atom. The number of hydrogen-bond donors (Lipinski definition) is 3. The van der Waals surface area contributed by atoms with Gasteiger partial charge in [-0.3, -0.25) is 41.2 Å². The van der Waals surface area contributed by atoms with E-state index in [0.717, 1.165) is 18.2 Å². The van der Waals surface area contributed by atoms with Crippen molar-refractivity contribution in [2.45, 2.75) is 0 Å². The Bertz CT molecular complexity index is 843. The van der Waals surface area contributed by atoms with Crippen LogP contribution in [0.15, 0.2) is 48.5 Å². The molecule has 0 bridgehead atoms. The topological polar surface area (TPSA) is 139 Å². The number of benzene rings is 2. The largest absolute Gasteiger partial charge is 0.300 e. The van der Waals surface area contributed by atoms with Gasteiger partial charge in [-0.05, 0) is 30.4 Å². The van der Waals surface area contributed by atoms with Crippen LogP contribution < -0.4 is 16.2 Å². The van der Waals surface area contributed by atoms with Gasteiger partial charge < -0.3 is 0 Å². The molecule has 0 saturated heterocycles. The summed E-state index contributed by atoms with van der Waals surface area (Å²) in [6, 6.07) is 11.4. The number of anilines is 1. The zero-order valence-electron chi connectivity index (χ0n) is 12.5. The molecule has 10 nitrogen and oxygen atoms in total. The molecule has 128 valence electrons. The molecule has 0 aliphatic carbocycles. The normalized spacial score (nSPS) is 9.76. The number of amides is 1. The van der Waals surface area contributed by atoms with Gasteiger partial charge in [-0.1, -0.05) is 18.2 Å². The maximum Gasteiger partial charge on any atom is 0.300 e. The van der Waals surface area contributed by atoms with Crippen LogP contribution in [-0.4, -0.2) is 20.9 Å². The highest BCUT2D eigenvalue weighted by atomic mass is 32.1. The summed E-state index contributed by atoms with van der Waals surface area (Å²) in [5.74, 6) is -0.460. The summed E-state index contributed by atoms with van der Waals surface area (Å²) < 4.78 is 0. The molecule has 0 fully saturated rings. The minimum Gasteiger partial charge on any atom is -0.298 e. The molecule has 2 aromatic carbocycles. The average molecular weight is 361 g/mol. The van der Waals surface area contributed by atoms with Crippen LogP contribution in [0.1, 0.15) is 10.4 Å². The van der Waals surface area contributed by atoms with Crippen LogP contribution >= 0.6 is 12.2 Å². The molecule has 0 aliphatic rings. The Morgan fingerprint density at radius 2 is 1.68 bits per heavy atom. The molecule has 0 unspecified atom stereocenters. The van der Waals surface area contributed by atoms with Crippen LogP contribution in [0.5, 0.6) is 0 Å². The van der Waals surface area contributed by atoms with Crippen molar-refractivity contribution in [2.75, 3.05) is 5.43 Å². The Labute approximate surface area is 146 Å². The number of carbonyl (C=O) groups is 1. The van der Waals surface area contributed by atoms with Crippen LogP contribution in [0.25, 0.3) is 0 Å². The molecule has 0 aromatic heterocycles. The van der Waals surface area contributed by atoms with Gasteiger partial charge in [0.1, 0.15) is 5.69 Å². The molecule has 1 amide bonds. The quantitative estimate of drug-likeness (QED) is 0.418. The van der Waals surface area contributed by atoms with Gasteiger partial charge in [0.15, 0.2) is 5.11 Å². The number of hydrogen-bond acceptors (Lipinski definition) is 7. The molecule has 25 heavy (non-hydrogen) atoms. The standard InChI is InChI=1S/C14H11N5O5S/c20-13(9-4-2-1-3-5-9)15-14(25)17-16-11-7-6-10(18(21)22)8-12(11)19(23)24/h1-8,16H,(H2,15,17,20,25). The van der Waals surface area contributed by atoms with Gasteiger partial charge >= 0.3 is 5.69 Å². The van der Waals surface area contributed by atoms with Gasteiger partial charge in [0.2, 0.25) is 0 Å². The molecular weight excluding hydrogens is 350 g/mol. The van der Waals surface area contributed by atoms with Crippen LogP contribution in [0.3, 0.4) is 0 Å². The zero-order valence-corrected chi connectivity index (χ0v) is 13.3. The van der Waals surface area contributed by atoms with E-state index in [9.17, 15) is 25.0 Å². The van der Waals surface area contributed by atoms with Crippen molar-refractivity contribution in [3.8, 4) is 0 Å². The molecule has 0 saturated carbocycles. The summed E-state index contributed by atoms with van der Waals surface area (Å²) in [5.41, 5.74) is 4.26. The third-order valence-electron chi connectivity index (χ3n) is 2.96. The van der Waals surface area contributed by atoms with Gasteiger partial charge in [-0.15, -0.1) is 0 Å². The highest BCUT2D eigenvalue weighted by Gasteiger charge is 2.19. The first kappa shape index (κ1) is 17.7. The lowest BCUT2D eigenvalue weighted by Gasteiger charge is -2.11. The van der Waals surface area contributed by atoms with Gasteiger partial charge in [0, 0.05) is 11.6 Å². The minimum atomic E-state index is -0.775. The lowest BCUT2D eigenvalue weighted by molar-refractivity contribution is -0.393. The molecule has 2 aromatic rings. The molecule has 0 atom stereocenters. The van der Waals surface area contributed by atoms with Gasteiger partial charge in [0.25, 0.3) is 11.6 Å². The van der Waals surface area contributed by atoms with Gasteiger partial charge in [-0.25, -0.2) is 0 Å². The predicted molar refractivity (Wildman–Crippen MR) is 93.0 cm³/mol. The van der Waals surface area contributed by atoms with Crippen molar-refractivity contribution < 1.29 is 14.6 Å². The average Bonchev–Trinajstić information content (AvgIpc) is 2.60. The number of hydrazine groups is 1. The Morgan fingerprint density at radius 1 is 1.00 bits per heavy atom. The van der Waals surface area contributed by atoms with Crippen molar-refractivity contribution in [1.82, 2.24) is 10.7 Å². The third kappa shape index (κ3) is 4.68. The fourth-order valence-corrected chi connectivity index (χ4v) is 1.95. The van der Waals surface area contributed by atoms with Crippen molar-refractivity contribution in [3.63, 3.8) is 0 Å². The third-order valence-corrected chi connectivity index (χ3v) is 3.17. The summed E-state index contributed by atoms with van der Waals surface area (Å²) in [7, 11) is 0. The zero-order chi connectivity index (χ0) is 18.4. The minimum absolute atomic E-state index is 0.0492. The smallest absolute Gasteiger partial charge is 0.298 e. The van der Waals surface area contributed by atoms with E-state index < -0.39 is 27.1 Å². The highest BCUT2D eigenvalue weighted by molar-refractivity contribution is 7.80. The van der Waals surface area contributed by atoms with E-state index >= 15 is 0 Å². The predicted octanol–water partition coefficient (Wildman–Crippen LogP) is 2.13. The first-order chi connectivity index (χ1) is 11.9. The number of nitrogens with one attached hydrogen (secondary N) is 3. The van der Waals surface area contributed by atoms with E-state index in [1.54, 1.807) is 30.3 Å².